The number of carbonyl (C=O) groups is 2. The van der Waals surface area contributed by atoms with Crippen molar-refractivity contribution in [3.63, 3.8) is 0 Å². The molecule has 1 aromatic carbocycles. The van der Waals surface area contributed by atoms with Crippen LogP contribution in [0.2, 0.25) is 0 Å². The van der Waals surface area contributed by atoms with E-state index in [0.29, 0.717) is 13.1 Å². The predicted molar refractivity (Wildman–Crippen MR) is 80.3 cm³/mol. The maximum absolute atomic E-state index is 11.7. The van der Waals surface area contributed by atoms with E-state index in [-0.39, 0.29) is 17.9 Å². The van der Waals surface area contributed by atoms with E-state index >= 15 is 0 Å². The quantitative estimate of drug-likeness (QED) is 0.719. The first kappa shape index (κ1) is 14.8. The molecule has 1 aromatic heterocycles. The molecule has 21 heavy (non-hydrogen) atoms. The summed E-state index contributed by atoms with van der Waals surface area (Å²) in [5.74, 6) is -0.0889. The lowest BCUT2D eigenvalue weighted by atomic mass is 10.2. The molecule has 0 atom stereocenters. The predicted octanol–water partition coefficient (Wildman–Crippen LogP) is 1.06. The van der Waals surface area contributed by atoms with E-state index in [1.54, 1.807) is 11.0 Å². The van der Waals surface area contributed by atoms with Crippen LogP contribution in [0.1, 0.15) is 13.8 Å². The fourth-order valence-corrected chi connectivity index (χ4v) is 1.76. The van der Waals surface area contributed by atoms with Crippen LogP contribution in [0.15, 0.2) is 30.6 Å². The average molecular weight is 289 g/mol. The summed E-state index contributed by atoms with van der Waals surface area (Å²) in [5, 5.41) is 5.39. The maximum Gasteiger partial charge on any atom is 0.334 e. The minimum atomic E-state index is -0.350. The highest BCUT2D eigenvalue weighted by Crippen LogP contribution is 2.09. The van der Waals surface area contributed by atoms with Gasteiger partial charge in [0, 0.05) is 19.0 Å². The van der Waals surface area contributed by atoms with Crippen LogP contribution in [0, 0.1) is 5.92 Å². The lowest BCUT2D eigenvalue weighted by Gasteiger charge is -2.10. The number of carbonyl (C=O) groups excluding carboxylic acids is 2. The van der Waals surface area contributed by atoms with Crippen molar-refractivity contribution in [2.24, 2.45) is 5.92 Å². The van der Waals surface area contributed by atoms with Crippen LogP contribution in [0.3, 0.4) is 0 Å². The Labute approximate surface area is 122 Å². The van der Waals surface area contributed by atoms with Crippen molar-refractivity contribution in [1.29, 1.82) is 0 Å². The second-order valence-electron chi connectivity index (χ2n) is 4.92. The van der Waals surface area contributed by atoms with E-state index in [0.717, 1.165) is 11.0 Å². The van der Waals surface area contributed by atoms with Crippen LogP contribution in [0.4, 0.5) is 4.79 Å². The molecule has 0 aliphatic rings. The van der Waals surface area contributed by atoms with Gasteiger partial charge in [-0.1, -0.05) is 26.0 Å². The lowest BCUT2D eigenvalue weighted by Crippen LogP contribution is -2.40. The molecular weight excluding hydrogens is 270 g/mol. The van der Waals surface area contributed by atoms with E-state index in [2.05, 4.69) is 21.0 Å². The van der Waals surface area contributed by atoms with Crippen molar-refractivity contribution in [2.45, 2.75) is 13.8 Å². The van der Waals surface area contributed by atoms with Crippen LogP contribution in [-0.2, 0) is 4.79 Å². The molecule has 2 aromatic rings. The van der Waals surface area contributed by atoms with Gasteiger partial charge in [0.15, 0.2) is 0 Å². The number of aromatic nitrogens is 2. The molecule has 0 spiro atoms. The second kappa shape index (κ2) is 6.74. The Hall–Kier alpha value is -2.57. The average Bonchev–Trinajstić information content (AvgIpc) is 2.86. The molecule has 0 saturated carbocycles. The van der Waals surface area contributed by atoms with Gasteiger partial charge in [-0.3, -0.25) is 4.79 Å². The maximum atomic E-state index is 11.7. The number of fused-ring (bicyclic) bond motifs is 1. The Balaban J connectivity index is 1.79. The summed E-state index contributed by atoms with van der Waals surface area (Å²) >= 11 is 0. The number of imidazole rings is 1. The van der Waals surface area contributed by atoms with Gasteiger partial charge in [-0.15, -0.1) is 0 Å². The monoisotopic (exact) mass is 289 g/mol. The largest absolute Gasteiger partial charge is 0.354 e. The van der Waals surface area contributed by atoms with Crippen LogP contribution >= 0.6 is 0 Å². The minimum absolute atomic E-state index is 0.0298. The van der Waals surface area contributed by atoms with Gasteiger partial charge in [-0.2, -0.15) is 0 Å². The Morgan fingerprint density at radius 3 is 2.67 bits per heavy atom. The van der Waals surface area contributed by atoms with Gasteiger partial charge in [0.1, 0.15) is 6.33 Å². The third-order valence-electron chi connectivity index (χ3n) is 2.91. The first-order valence-electron chi connectivity index (χ1n) is 6.82. The number of rotatable bonds is 5. The third kappa shape index (κ3) is 3.95. The zero-order valence-electron chi connectivity index (χ0n) is 12.1. The van der Waals surface area contributed by atoms with Crippen molar-refractivity contribution in [1.82, 2.24) is 20.3 Å². The van der Waals surface area contributed by atoms with E-state index in [1.165, 1.54) is 0 Å². The van der Waals surface area contributed by atoms with Crippen molar-refractivity contribution in [2.75, 3.05) is 18.5 Å². The summed E-state index contributed by atoms with van der Waals surface area (Å²) in [6, 6.07) is 7.15. The van der Waals surface area contributed by atoms with E-state index in [1.807, 2.05) is 38.1 Å². The topological polar surface area (TPSA) is 88.0 Å². The van der Waals surface area contributed by atoms with Gasteiger partial charge in [-0.05, 0) is 12.1 Å². The summed E-state index contributed by atoms with van der Waals surface area (Å²) in [6.45, 7) is 4.39. The Morgan fingerprint density at radius 1 is 1.19 bits per heavy atom. The number of nitrogens with zero attached hydrogens (tertiary/aromatic N) is 2. The molecule has 0 unspecified atom stereocenters. The highest BCUT2D eigenvalue weighted by Gasteiger charge is 2.07. The SMILES string of the molecule is CC(C)C(=O)NCCNC(=O)Nn1cnc2ccccc21. The van der Waals surface area contributed by atoms with Crippen molar-refractivity contribution >= 4 is 23.0 Å². The smallest absolute Gasteiger partial charge is 0.334 e. The molecule has 0 bridgehead atoms. The number of hydrogen-bond donors (Lipinski definition) is 3. The number of benzene rings is 1. The molecule has 0 saturated heterocycles. The number of nitrogens with one attached hydrogen (secondary N) is 3. The van der Waals surface area contributed by atoms with Crippen LogP contribution in [0.25, 0.3) is 11.0 Å². The Kier molecular flexibility index (Phi) is 4.76. The van der Waals surface area contributed by atoms with Crippen molar-refractivity contribution < 1.29 is 9.59 Å². The zero-order chi connectivity index (χ0) is 15.2. The van der Waals surface area contributed by atoms with Crippen LogP contribution < -0.4 is 16.1 Å². The molecule has 7 nitrogen and oxygen atoms in total. The number of hydrogen-bond acceptors (Lipinski definition) is 3. The van der Waals surface area contributed by atoms with Crippen LogP contribution in [-0.4, -0.2) is 34.7 Å². The third-order valence-corrected chi connectivity index (χ3v) is 2.91. The van der Waals surface area contributed by atoms with Gasteiger partial charge in [0.2, 0.25) is 5.91 Å². The Morgan fingerprint density at radius 2 is 1.90 bits per heavy atom. The summed E-state index contributed by atoms with van der Waals surface area (Å²) < 4.78 is 1.55. The zero-order valence-corrected chi connectivity index (χ0v) is 12.1. The lowest BCUT2D eigenvalue weighted by molar-refractivity contribution is -0.123. The second-order valence-corrected chi connectivity index (χ2v) is 4.92. The fraction of sp³-hybridized carbons (Fsp3) is 0.357. The first-order valence-corrected chi connectivity index (χ1v) is 6.82. The van der Waals surface area contributed by atoms with E-state index in [4.69, 9.17) is 0 Å². The van der Waals surface area contributed by atoms with Gasteiger partial charge in [-0.25, -0.2) is 19.9 Å². The number of para-hydroxylation sites is 2. The molecule has 0 fully saturated rings. The summed E-state index contributed by atoms with van der Waals surface area (Å²) in [6.07, 6.45) is 1.55. The molecular formula is C14H19N5O2. The summed E-state index contributed by atoms with van der Waals surface area (Å²) in [7, 11) is 0. The molecule has 7 heteroatoms. The molecule has 3 amide bonds. The fourth-order valence-electron chi connectivity index (χ4n) is 1.76. The summed E-state index contributed by atoms with van der Waals surface area (Å²) in [5.41, 5.74) is 4.29. The summed E-state index contributed by atoms with van der Waals surface area (Å²) in [4.78, 5) is 27.3. The van der Waals surface area contributed by atoms with Crippen LogP contribution in [0.5, 0.6) is 0 Å². The normalized spacial score (nSPS) is 10.6. The van der Waals surface area contributed by atoms with E-state index < -0.39 is 0 Å². The van der Waals surface area contributed by atoms with Gasteiger partial charge in [0.25, 0.3) is 0 Å². The molecule has 3 N–H and O–H groups in total. The molecule has 2 rings (SSSR count). The van der Waals surface area contributed by atoms with Gasteiger partial charge < -0.3 is 10.6 Å². The molecule has 0 radical (unpaired) electrons. The van der Waals surface area contributed by atoms with Crippen molar-refractivity contribution in [3.8, 4) is 0 Å². The highest BCUT2D eigenvalue weighted by atomic mass is 16.2. The number of amides is 3. The molecule has 0 aliphatic carbocycles. The number of urea groups is 1. The first-order chi connectivity index (χ1) is 10.1. The van der Waals surface area contributed by atoms with Gasteiger partial charge in [0.05, 0.1) is 11.0 Å². The van der Waals surface area contributed by atoms with E-state index in [9.17, 15) is 9.59 Å². The van der Waals surface area contributed by atoms with Crippen molar-refractivity contribution in [3.05, 3.63) is 30.6 Å². The molecule has 112 valence electrons. The van der Waals surface area contributed by atoms with Gasteiger partial charge >= 0.3 is 6.03 Å². The Bertz CT molecular complexity index is 635. The molecule has 1 heterocycles. The highest BCUT2D eigenvalue weighted by molar-refractivity contribution is 5.85. The molecule has 0 aliphatic heterocycles. The standard InChI is InChI=1S/C14H19N5O2/c1-10(2)13(20)15-7-8-16-14(21)18-19-9-17-11-5-3-4-6-12(11)19/h3-6,9-10H,7-8H2,1-2H3,(H,15,20)(H2,16,18,21). The minimum Gasteiger partial charge on any atom is -0.354 e.